The van der Waals surface area contributed by atoms with Crippen LogP contribution in [0, 0.1) is 5.92 Å². The molecule has 3 aliphatic rings. The van der Waals surface area contributed by atoms with Gasteiger partial charge in [0.25, 0.3) is 0 Å². The molecule has 3 saturated heterocycles. The van der Waals surface area contributed by atoms with Crippen molar-refractivity contribution in [2.75, 3.05) is 71.0 Å². The molecule has 0 amide bonds. The van der Waals surface area contributed by atoms with Crippen LogP contribution >= 0.6 is 0 Å². The molecule has 0 spiro atoms. The third-order valence-corrected chi connectivity index (χ3v) is 9.18. The van der Waals surface area contributed by atoms with Crippen LogP contribution < -0.4 is 10.2 Å². The number of pyridine rings is 2. The molecule has 39 heavy (non-hydrogen) atoms. The molecule has 5 heterocycles. The van der Waals surface area contributed by atoms with E-state index in [1.807, 2.05) is 0 Å². The summed E-state index contributed by atoms with van der Waals surface area (Å²) in [4.78, 5) is 17.7. The molecule has 3 atom stereocenters. The Morgan fingerprint density at radius 3 is 2.46 bits per heavy atom. The molecule has 0 aromatic carbocycles. The highest BCUT2D eigenvalue weighted by molar-refractivity contribution is 5.51. The molecule has 0 aliphatic carbocycles. The van der Waals surface area contributed by atoms with Crippen LogP contribution in [0.4, 0.5) is 5.82 Å². The minimum absolute atomic E-state index is 0.183. The minimum Gasteiger partial charge on any atom is -0.380 e. The van der Waals surface area contributed by atoms with Gasteiger partial charge in [0.15, 0.2) is 0 Å². The first-order chi connectivity index (χ1) is 18.7. The average Bonchev–Trinajstić information content (AvgIpc) is 3.38. The van der Waals surface area contributed by atoms with Gasteiger partial charge in [0.05, 0.1) is 13.2 Å². The van der Waals surface area contributed by atoms with Crippen LogP contribution in [0.15, 0.2) is 30.5 Å². The normalized spacial score (nSPS) is 25.4. The van der Waals surface area contributed by atoms with E-state index in [0.717, 1.165) is 72.0 Å². The summed E-state index contributed by atoms with van der Waals surface area (Å²) in [7, 11) is 2.22. The van der Waals surface area contributed by atoms with Crippen molar-refractivity contribution in [3.05, 3.63) is 53.0 Å². The van der Waals surface area contributed by atoms with Crippen molar-refractivity contribution >= 4 is 5.82 Å². The summed E-state index contributed by atoms with van der Waals surface area (Å²) < 4.78 is 6.12. The zero-order valence-corrected chi connectivity index (χ0v) is 25.1. The molecule has 214 valence electrons. The highest BCUT2D eigenvalue weighted by Crippen LogP contribution is 2.41. The molecule has 1 N–H and O–H groups in total. The molecular weight excluding hydrogens is 484 g/mol. The summed E-state index contributed by atoms with van der Waals surface area (Å²) in [6.45, 7) is 21.5. The fourth-order valence-corrected chi connectivity index (χ4v) is 6.73. The number of aromatic nitrogens is 2. The van der Waals surface area contributed by atoms with E-state index in [2.05, 4.69) is 92.1 Å². The van der Waals surface area contributed by atoms with Crippen LogP contribution in [0.25, 0.3) is 0 Å². The van der Waals surface area contributed by atoms with Crippen molar-refractivity contribution in [3.8, 4) is 0 Å². The number of anilines is 1. The smallest absolute Gasteiger partial charge is 0.132 e. The fraction of sp³-hybridized carbons (Fsp3) is 0.688. The van der Waals surface area contributed by atoms with Gasteiger partial charge in [0.1, 0.15) is 5.82 Å². The topological polar surface area (TPSA) is 56.8 Å². The molecule has 2 aromatic heterocycles. The van der Waals surface area contributed by atoms with Gasteiger partial charge in [-0.2, -0.15) is 0 Å². The Hall–Kier alpha value is -2.06. The van der Waals surface area contributed by atoms with Gasteiger partial charge in [0.2, 0.25) is 0 Å². The van der Waals surface area contributed by atoms with Crippen LogP contribution in [0.3, 0.4) is 0 Å². The molecule has 2 unspecified atom stereocenters. The van der Waals surface area contributed by atoms with E-state index < -0.39 is 0 Å². The summed E-state index contributed by atoms with van der Waals surface area (Å²) in [5.74, 6) is 2.85. The number of hydrogen-bond donors (Lipinski definition) is 1. The number of rotatable bonds is 8. The van der Waals surface area contributed by atoms with E-state index in [1.165, 1.54) is 28.3 Å². The van der Waals surface area contributed by atoms with Crippen molar-refractivity contribution in [1.29, 1.82) is 0 Å². The second-order valence-corrected chi connectivity index (χ2v) is 13.1. The van der Waals surface area contributed by atoms with Crippen LogP contribution in [-0.4, -0.2) is 91.4 Å². The van der Waals surface area contributed by atoms with Crippen LogP contribution in [0.1, 0.15) is 81.3 Å². The minimum atomic E-state index is 0.183. The predicted molar refractivity (Wildman–Crippen MR) is 160 cm³/mol. The van der Waals surface area contributed by atoms with Crippen LogP contribution in [-0.2, 0) is 11.3 Å². The molecule has 7 nitrogen and oxygen atoms in total. The van der Waals surface area contributed by atoms with Gasteiger partial charge in [-0.05, 0) is 62.8 Å². The standard InChI is InChI=1S/C32H50N6O/c1-23(2)29-10-8-27(31(35-29)37-13-11-33-12-14-37)28-21-39-20-26(28)17-24(3)30-9-7-25(18-34-30)19-38-16-15-36(6)22-32(38,4)5/h7-10,18,23-24,26,28,33H,11-17,19-22H2,1-6H3/t24?,26?,28-/m0/s1. The molecule has 3 aliphatic heterocycles. The third kappa shape index (κ3) is 6.64. The lowest BCUT2D eigenvalue weighted by molar-refractivity contribution is 0.0253. The number of hydrogen-bond acceptors (Lipinski definition) is 7. The zero-order valence-electron chi connectivity index (χ0n) is 25.1. The summed E-state index contributed by atoms with van der Waals surface area (Å²) in [6, 6.07) is 9.15. The highest BCUT2D eigenvalue weighted by atomic mass is 16.5. The maximum Gasteiger partial charge on any atom is 0.132 e. The zero-order chi connectivity index (χ0) is 27.6. The van der Waals surface area contributed by atoms with Crippen molar-refractivity contribution in [2.24, 2.45) is 5.92 Å². The number of likely N-dealkylation sites (N-methyl/N-ethyl adjacent to an activating group) is 1. The first-order valence-electron chi connectivity index (χ1n) is 15.1. The largest absolute Gasteiger partial charge is 0.380 e. The molecular formula is C32H50N6O. The van der Waals surface area contributed by atoms with E-state index in [9.17, 15) is 0 Å². The number of ether oxygens (including phenoxy) is 1. The van der Waals surface area contributed by atoms with Gasteiger partial charge in [-0.25, -0.2) is 4.98 Å². The predicted octanol–water partition coefficient (Wildman–Crippen LogP) is 4.46. The Bertz CT molecular complexity index is 1080. The van der Waals surface area contributed by atoms with E-state index in [0.29, 0.717) is 23.7 Å². The Balaban J connectivity index is 1.27. The number of nitrogens with one attached hydrogen (secondary N) is 1. The third-order valence-electron chi connectivity index (χ3n) is 9.18. The summed E-state index contributed by atoms with van der Waals surface area (Å²) in [5.41, 5.74) is 5.23. The highest BCUT2D eigenvalue weighted by Gasteiger charge is 2.35. The summed E-state index contributed by atoms with van der Waals surface area (Å²) in [5, 5.41) is 3.49. The Labute approximate surface area is 236 Å². The molecule has 0 saturated carbocycles. The van der Waals surface area contributed by atoms with Gasteiger partial charge < -0.3 is 19.9 Å². The molecule has 5 rings (SSSR count). The Morgan fingerprint density at radius 2 is 1.77 bits per heavy atom. The quantitative estimate of drug-likeness (QED) is 0.537. The first kappa shape index (κ1) is 28.5. The van der Waals surface area contributed by atoms with Crippen LogP contribution in [0.2, 0.25) is 0 Å². The SMILES string of the molecule is CC(C)c1ccc([C@H]2COCC2CC(C)c2ccc(CN3CCN(C)CC3(C)C)cn2)c(N2CCNCC2)n1. The summed E-state index contributed by atoms with van der Waals surface area (Å²) >= 11 is 0. The lowest BCUT2D eigenvalue weighted by Crippen LogP contribution is -2.57. The monoisotopic (exact) mass is 534 g/mol. The lowest BCUT2D eigenvalue weighted by Gasteiger charge is -2.46. The molecule has 7 heteroatoms. The lowest BCUT2D eigenvalue weighted by atomic mass is 9.82. The van der Waals surface area contributed by atoms with Gasteiger partial charge in [-0.15, -0.1) is 0 Å². The maximum absolute atomic E-state index is 6.12. The maximum atomic E-state index is 6.12. The van der Waals surface area contributed by atoms with Gasteiger partial charge >= 0.3 is 0 Å². The average molecular weight is 535 g/mol. The second-order valence-electron chi connectivity index (χ2n) is 13.1. The molecule has 3 fully saturated rings. The van der Waals surface area contributed by atoms with E-state index in [4.69, 9.17) is 14.7 Å². The van der Waals surface area contributed by atoms with Gasteiger partial charge in [-0.1, -0.05) is 32.9 Å². The van der Waals surface area contributed by atoms with Crippen molar-refractivity contribution < 1.29 is 4.74 Å². The first-order valence-corrected chi connectivity index (χ1v) is 15.1. The summed E-state index contributed by atoms with van der Waals surface area (Å²) in [6.07, 6.45) is 3.19. The number of piperazine rings is 2. The number of nitrogens with zero attached hydrogens (tertiary/aromatic N) is 5. The van der Waals surface area contributed by atoms with E-state index in [-0.39, 0.29) is 5.54 Å². The molecule has 0 bridgehead atoms. The second kappa shape index (κ2) is 12.2. The fourth-order valence-electron chi connectivity index (χ4n) is 6.73. The van der Waals surface area contributed by atoms with Crippen LogP contribution in [0.5, 0.6) is 0 Å². The van der Waals surface area contributed by atoms with Gasteiger partial charge in [0, 0.05) is 87.0 Å². The van der Waals surface area contributed by atoms with E-state index >= 15 is 0 Å². The Morgan fingerprint density at radius 1 is 1.00 bits per heavy atom. The Kier molecular flexibility index (Phi) is 8.91. The molecule has 0 radical (unpaired) electrons. The van der Waals surface area contributed by atoms with Crippen molar-refractivity contribution in [2.45, 2.75) is 70.9 Å². The van der Waals surface area contributed by atoms with E-state index in [1.54, 1.807) is 0 Å². The van der Waals surface area contributed by atoms with Crippen molar-refractivity contribution in [1.82, 2.24) is 25.1 Å². The molecule has 2 aromatic rings. The van der Waals surface area contributed by atoms with Gasteiger partial charge in [-0.3, -0.25) is 9.88 Å². The van der Waals surface area contributed by atoms with Crippen molar-refractivity contribution in [3.63, 3.8) is 0 Å².